The van der Waals surface area contributed by atoms with Gasteiger partial charge in [0.15, 0.2) is 5.89 Å². The van der Waals surface area contributed by atoms with Crippen molar-refractivity contribution in [2.24, 2.45) is 5.73 Å². The third-order valence-electron chi connectivity index (χ3n) is 1.81. The van der Waals surface area contributed by atoms with E-state index in [0.29, 0.717) is 29.2 Å². The summed E-state index contributed by atoms with van der Waals surface area (Å²) in [6, 6.07) is 1.76. The number of anilines is 1. The summed E-state index contributed by atoms with van der Waals surface area (Å²) in [5.41, 5.74) is 13.0. The van der Waals surface area contributed by atoms with E-state index in [4.69, 9.17) is 15.9 Å². The number of nitrogen functional groups attached to an aromatic ring is 1. The van der Waals surface area contributed by atoms with Crippen LogP contribution >= 0.6 is 0 Å². The van der Waals surface area contributed by atoms with Gasteiger partial charge in [-0.1, -0.05) is 0 Å². The largest absolute Gasteiger partial charge is 0.422 e. The van der Waals surface area contributed by atoms with Crippen LogP contribution in [0.4, 0.5) is 5.69 Å². The molecule has 0 bridgehead atoms. The molecular weight excluding hydrogens is 180 g/mol. The van der Waals surface area contributed by atoms with Crippen molar-refractivity contribution in [1.29, 1.82) is 0 Å². The van der Waals surface area contributed by atoms with Gasteiger partial charge in [0.05, 0.1) is 11.9 Å². The number of hydrogen-bond donors (Lipinski definition) is 2. The van der Waals surface area contributed by atoms with E-state index in [1.54, 1.807) is 12.3 Å². The van der Waals surface area contributed by atoms with E-state index in [2.05, 4.69) is 9.97 Å². The van der Waals surface area contributed by atoms with E-state index in [-0.39, 0.29) is 6.04 Å². The van der Waals surface area contributed by atoms with Crippen molar-refractivity contribution in [3.63, 3.8) is 0 Å². The number of aromatic nitrogens is 2. The lowest BCUT2D eigenvalue weighted by atomic mass is 10.2. The molecule has 2 aromatic rings. The molecule has 4 N–H and O–H groups in total. The van der Waals surface area contributed by atoms with Crippen molar-refractivity contribution in [1.82, 2.24) is 9.97 Å². The first-order valence-corrected chi connectivity index (χ1v) is 4.41. The van der Waals surface area contributed by atoms with E-state index in [0.717, 1.165) is 0 Å². The molecule has 14 heavy (non-hydrogen) atoms. The average Bonchev–Trinajstić information content (AvgIpc) is 2.44. The summed E-state index contributed by atoms with van der Waals surface area (Å²) in [5, 5.41) is 0. The Balaban J connectivity index is 2.41. The fourth-order valence-electron chi connectivity index (χ4n) is 1.25. The molecule has 2 heterocycles. The molecule has 0 saturated carbocycles. The summed E-state index contributed by atoms with van der Waals surface area (Å²) >= 11 is 0. The zero-order valence-electron chi connectivity index (χ0n) is 7.90. The van der Waals surface area contributed by atoms with Gasteiger partial charge in [-0.3, -0.25) is 0 Å². The van der Waals surface area contributed by atoms with Crippen LogP contribution in [0.2, 0.25) is 0 Å². The summed E-state index contributed by atoms with van der Waals surface area (Å²) in [4.78, 5) is 8.24. The summed E-state index contributed by atoms with van der Waals surface area (Å²) in [6.45, 7) is 1.90. The molecule has 0 aromatic carbocycles. The Bertz CT molecular complexity index is 449. The highest BCUT2D eigenvalue weighted by Crippen LogP contribution is 2.15. The normalized spacial score (nSPS) is 13.3. The van der Waals surface area contributed by atoms with E-state index < -0.39 is 0 Å². The van der Waals surface area contributed by atoms with E-state index in [9.17, 15) is 0 Å². The van der Waals surface area contributed by atoms with Gasteiger partial charge in [0.1, 0.15) is 5.52 Å². The first kappa shape index (κ1) is 8.96. The van der Waals surface area contributed by atoms with Crippen LogP contribution in [0.5, 0.6) is 0 Å². The van der Waals surface area contributed by atoms with Crippen LogP contribution < -0.4 is 11.5 Å². The Hall–Kier alpha value is -1.62. The van der Waals surface area contributed by atoms with Crippen LogP contribution in [0.15, 0.2) is 16.7 Å². The third-order valence-corrected chi connectivity index (χ3v) is 1.81. The number of nitrogens with two attached hydrogens (primary N) is 2. The fourth-order valence-corrected chi connectivity index (χ4v) is 1.25. The molecule has 5 heteroatoms. The van der Waals surface area contributed by atoms with Gasteiger partial charge in [0, 0.05) is 12.5 Å². The molecule has 5 nitrogen and oxygen atoms in total. The molecule has 0 fully saturated rings. The van der Waals surface area contributed by atoms with Crippen LogP contribution in [0.1, 0.15) is 12.8 Å². The van der Waals surface area contributed by atoms with Gasteiger partial charge in [0.2, 0.25) is 5.71 Å². The highest BCUT2D eigenvalue weighted by atomic mass is 16.4. The number of fused-ring (bicyclic) bond motifs is 1. The molecule has 0 aliphatic carbocycles. The zero-order chi connectivity index (χ0) is 10.1. The second-order valence-electron chi connectivity index (χ2n) is 3.38. The lowest BCUT2D eigenvalue weighted by Crippen LogP contribution is -2.17. The van der Waals surface area contributed by atoms with Crippen molar-refractivity contribution >= 4 is 16.9 Å². The average molecular weight is 192 g/mol. The van der Waals surface area contributed by atoms with E-state index in [1.807, 2.05) is 6.92 Å². The van der Waals surface area contributed by atoms with Gasteiger partial charge in [-0.2, -0.15) is 0 Å². The maximum atomic E-state index is 5.63. The standard InChI is InChI=1S/C9H12N4O/c1-5(10)2-8-13-7-3-6(11)4-12-9(7)14-8/h3-5H,2,10-11H2,1H3. The molecule has 2 aromatic heterocycles. The predicted octanol–water partition coefficient (Wildman–Crippen LogP) is 0.695. The van der Waals surface area contributed by atoms with Gasteiger partial charge in [-0.15, -0.1) is 0 Å². The van der Waals surface area contributed by atoms with Crippen molar-refractivity contribution < 1.29 is 4.42 Å². The molecule has 1 unspecified atom stereocenters. The number of hydrogen-bond acceptors (Lipinski definition) is 5. The molecule has 0 amide bonds. The fraction of sp³-hybridized carbons (Fsp3) is 0.333. The van der Waals surface area contributed by atoms with Gasteiger partial charge >= 0.3 is 0 Å². The Morgan fingerprint density at radius 3 is 3.07 bits per heavy atom. The van der Waals surface area contributed by atoms with E-state index in [1.165, 1.54) is 0 Å². The quantitative estimate of drug-likeness (QED) is 0.730. The van der Waals surface area contributed by atoms with Crippen molar-refractivity contribution in [3.8, 4) is 0 Å². The Morgan fingerprint density at radius 1 is 1.57 bits per heavy atom. The van der Waals surface area contributed by atoms with Crippen LogP contribution in [0.25, 0.3) is 11.2 Å². The van der Waals surface area contributed by atoms with Gasteiger partial charge < -0.3 is 15.9 Å². The molecular formula is C9H12N4O. The minimum atomic E-state index is 0.0282. The SMILES string of the molecule is CC(N)Cc1nc2cc(N)cnc2o1. The molecule has 0 spiro atoms. The van der Waals surface area contributed by atoms with Gasteiger partial charge in [-0.25, -0.2) is 9.97 Å². The monoisotopic (exact) mass is 192 g/mol. The maximum Gasteiger partial charge on any atom is 0.247 e. The topological polar surface area (TPSA) is 91.0 Å². The van der Waals surface area contributed by atoms with Crippen molar-refractivity contribution in [2.75, 3.05) is 5.73 Å². The molecule has 0 saturated heterocycles. The Kier molecular flexibility index (Phi) is 2.09. The van der Waals surface area contributed by atoms with Crippen molar-refractivity contribution in [2.45, 2.75) is 19.4 Å². The van der Waals surface area contributed by atoms with Crippen LogP contribution in [0, 0.1) is 0 Å². The Morgan fingerprint density at radius 2 is 2.36 bits per heavy atom. The summed E-state index contributed by atoms with van der Waals surface area (Å²) in [7, 11) is 0. The molecule has 0 aliphatic heterocycles. The summed E-state index contributed by atoms with van der Waals surface area (Å²) < 4.78 is 5.38. The highest BCUT2D eigenvalue weighted by molar-refractivity contribution is 5.71. The zero-order valence-corrected chi connectivity index (χ0v) is 7.90. The van der Waals surface area contributed by atoms with Crippen LogP contribution in [-0.4, -0.2) is 16.0 Å². The summed E-state index contributed by atoms with van der Waals surface area (Å²) in [6.07, 6.45) is 2.15. The van der Waals surface area contributed by atoms with Crippen LogP contribution in [-0.2, 0) is 6.42 Å². The minimum Gasteiger partial charge on any atom is -0.422 e. The molecule has 1 atom stereocenters. The third kappa shape index (κ3) is 1.67. The molecule has 0 aliphatic rings. The first-order chi connectivity index (χ1) is 6.65. The lowest BCUT2D eigenvalue weighted by molar-refractivity contribution is 0.500. The minimum absolute atomic E-state index is 0.0282. The second-order valence-corrected chi connectivity index (χ2v) is 3.38. The molecule has 0 radical (unpaired) electrons. The van der Waals surface area contributed by atoms with Crippen molar-refractivity contribution in [3.05, 3.63) is 18.2 Å². The lowest BCUT2D eigenvalue weighted by Gasteiger charge is -1.97. The second kappa shape index (κ2) is 3.26. The Labute approximate surface area is 81.1 Å². The summed E-state index contributed by atoms with van der Waals surface area (Å²) in [5.74, 6) is 0.605. The van der Waals surface area contributed by atoms with E-state index >= 15 is 0 Å². The van der Waals surface area contributed by atoms with Gasteiger partial charge in [0.25, 0.3) is 0 Å². The maximum absolute atomic E-state index is 5.63. The van der Waals surface area contributed by atoms with Gasteiger partial charge in [-0.05, 0) is 13.0 Å². The highest BCUT2D eigenvalue weighted by Gasteiger charge is 2.08. The molecule has 2 rings (SSSR count). The number of oxazole rings is 1. The molecule has 74 valence electrons. The smallest absolute Gasteiger partial charge is 0.247 e. The number of pyridine rings is 1. The first-order valence-electron chi connectivity index (χ1n) is 4.41. The number of rotatable bonds is 2. The predicted molar refractivity (Wildman–Crippen MR) is 53.6 cm³/mol. The van der Waals surface area contributed by atoms with Crippen LogP contribution in [0.3, 0.4) is 0 Å². The number of nitrogens with zero attached hydrogens (tertiary/aromatic N) is 2.